The van der Waals surface area contributed by atoms with Gasteiger partial charge in [0.1, 0.15) is 12.1 Å². The maximum atomic E-state index is 14.3. The number of ether oxygens (including phenoxy) is 1. The molecular weight excluding hydrogens is 615 g/mol. The number of nitro groups is 1. The second-order valence-corrected chi connectivity index (χ2v) is 19.4. The van der Waals surface area contributed by atoms with Crippen molar-refractivity contribution in [1.29, 1.82) is 0 Å². The van der Waals surface area contributed by atoms with Crippen molar-refractivity contribution < 1.29 is 32.1 Å². The lowest BCUT2D eigenvalue weighted by atomic mass is 9.99. The largest absolute Gasteiger partial charge is 0.467 e. The van der Waals surface area contributed by atoms with Crippen LogP contribution in [-0.4, -0.2) is 81.6 Å². The molecule has 0 bridgehead atoms. The first-order chi connectivity index (χ1) is 21.1. The van der Waals surface area contributed by atoms with Gasteiger partial charge in [0, 0.05) is 32.2 Å². The summed E-state index contributed by atoms with van der Waals surface area (Å²) in [6, 6.07) is 16.4. The van der Waals surface area contributed by atoms with Crippen LogP contribution in [0.25, 0.3) is 10.8 Å². The molecule has 13 heteroatoms. The number of hydrogen-bond acceptors (Lipinski definition) is 8. The van der Waals surface area contributed by atoms with E-state index in [-0.39, 0.29) is 37.6 Å². The fourth-order valence-corrected chi connectivity index (χ4v) is 8.12. The average molecular weight is 656 g/mol. The van der Waals surface area contributed by atoms with E-state index < -0.39 is 57.8 Å². The van der Waals surface area contributed by atoms with E-state index in [2.05, 4.69) is 33.9 Å². The topological polar surface area (TPSA) is 136 Å². The SMILES string of the molecule is COC(=O)C(Cc1ccc2ccccc2c1)N1CCN(S(=O)(=O)c2ccccc2[N+](=O)[O-])C(CCO[Si](C)(C)C(C)(C)C)C1=O. The molecule has 1 aliphatic rings. The lowest BCUT2D eigenvalue weighted by molar-refractivity contribution is -0.387. The first kappa shape index (κ1) is 34.2. The highest BCUT2D eigenvalue weighted by Gasteiger charge is 2.47. The number of carbonyl (C=O) groups is 2. The Morgan fingerprint density at radius 2 is 1.69 bits per heavy atom. The second kappa shape index (κ2) is 13.4. The van der Waals surface area contributed by atoms with E-state index in [1.807, 2.05) is 42.5 Å². The molecule has 11 nitrogen and oxygen atoms in total. The zero-order valence-corrected chi connectivity index (χ0v) is 28.4. The summed E-state index contributed by atoms with van der Waals surface area (Å²) < 4.78 is 40.5. The van der Waals surface area contributed by atoms with Crippen molar-refractivity contribution in [2.75, 3.05) is 26.8 Å². The number of esters is 1. The van der Waals surface area contributed by atoms with E-state index in [4.69, 9.17) is 9.16 Å². The summed E-state index contributed by atoms with van der Waals surface area (Å²) in [4.78, 5) is 39.3. The lowest BCUT2D eigenvalue weighted by Gasteiger charge is -2.43. The number of hydrogen-bond donors (Lipinski definition) is 0. The minimum Gasteiger partial charge on any atom is -0.467 e. The molecule has 45 heavy (non-hydrogen) atoms. The van der Waals surface area contributed by atoms with Crippen molar-refractivity contribution in [3.05, 3.63) is 82.4 Å². The van der Waals surface area contributed by atoms with Gasteiger partial charge < -0.3 is 14.1 Å². The second-order valence-electron chi connectivity index (χ2n) is 12.7. The number of nitrogens with zero attached hydrogens (tertiary/aromatic N) is 3. The van der Waals surface area contributed by atoms with Gasteiger partial charge in [0.05, 0.1) is 12.0 Å². The Labute approximate surface area is 265 Å². The maximum Gasteiger partial charge on any atom is 0.328 e. The summed E-state index contributed by atoms with van der Waals surface area (Å²) in [5.74, 6) is -1.21. The Hall–Kier alpha value is -3.65. The Morgan fingerprint density at radius 3 is 2.33 bits per heavy atom. The van der Waals surface area contributed by atoms with Gasteiger partial charge in [-0.25, -0.2) is 13.2 Å². The molecule has 4 rings (SSSR count). The molecule has 3 aromatic carbocycles. The van der Waals surface area contributed by atoms with Gasteiger partial charge in [-0.15, -0.1) is 0 Å². The van der Waals surface area contributed by atoms with Crippen LogP contribution in [0.15, 0.2) is 71.6 Å². The summed E-state index contributed by atoms with van der Waals surface area (Å²) in [5.41, 5.74) is 0.233. The molecule has 0 aliphatic carbocycles. The van der Waals surface area contributed by atoms with Gasteiger partial charge >= 0.3 is 5.97 Å². The molecule has 2 atom stereocenters. The van der Waals surface area contributed by atoms with Gasteiger partial charge in [-0.05, 0) is 47.0 Å². The van der Waals surface area contributed by atoms with E-state index in [1.54, 1.807) is 0 Å². The van der Waals surface area contributed by atoms with Crippen LogP contribution in [0.3, 0.4) is 0 Å². The van der Waals surface area contributed by atoms with Crippen LogP contribution in [0.5, 0.6) is 0 Å². The van der Waals surface area contributed by atoms with Gasteiger partial charge in [-0.3, -0.25) is 14.9 Å². The quantitative estimate of drug-likeness (QED) is 0.120. The van der Waals surface area contributed by atoms with E-state index in [0.717, 1.165) is 26.7 Å². The minimum absolute atomic E-state index is 0.00553. The lowest BCUT2D eigenvalue weighted by Crippen LogP contribution is -2.63. The summed E-state index contributed by atoms with van der Waals surface area (Å²) >= 11 is 0. The van der Waals surface area contributed by atoms with E-state index in [0.29, 0.717) is 0 Å². The number of fused-ring (bicyclic) bond motifs is 1. The molecule has 0 radical (unpaired) electrons. The highest BCUT2D eigenvalue weighted by molar-refractivity contribution is 7.89. The number of amides is 1. The standard InChI is InChI=1S/C32H41N3O8SSi/c1-32(2,3)45(5,6)43-20-17-27-30(36)33(18-19-34(27)44(40,41)29-14-10-9-13-26(29)35(38)39)28(31(37)42-4)22-23-15-16-24-11-7-8-12-25(24)21-23/h7-16,21,27-28H,17-20,22H2,1-6H3. The molecule has 242 valence electrons. The van der Waals surface area contributed by atoms with Crippen molar-refractivity contribution in [2.45, 2.75) is 68.7 Å². The Kier molecular flexibility index (Phi) is 10.2. The van der Waals surface area contributed by atoms with Crippen molar-refractivity contribution in [2.24, 2.45) is 0 Å². The van der Waals surface area contributed by atoms with E-state index >= 15 is 0 Å². The maximum absolute atomic E-state index is 14.3. The normalized spacial score (nSPS) is 17.3. The van der Waals surface area contributed by atoms with E-state index in [9.17, 15) is 28.1 Å². The van der Waals surface area contributed by atoms with Crippen molar-refractivity contribution >= 4 is 46.7 Å². The van der Waals surface area contributed by atoms with Gasteiger partial charge in [0.25, 0.3) is 15.7 Å². The van der Waals surface area contributed by atoms with Gasteiger partial charge in [-0.1, -0.05) is 75.4 Å². The number of carbonyl (C=O) groups excluding carboxylic acids is 2. The number of methoxy groups -OCH3 is 1. The third-order valence-corrected chi connectivity index (χ3v) is 15.4. The molecular formula is C32H41N3O8SSi. The summed E-state index contributed by atoms with van der Waals surface area (Å²) in [7, 11) is -5.50. The number of rotatable bonds is 11. The van der Waals surface area contributed by atoms with Crippen molar-refractivity contribution in [3.8, 4) is 0 Å². The highest BCUT2D eigenvalue weighted by Crippen LogP contribution is 2.37. The zero-order chi connectivity index (χ0) is 33.2. The number of benzene rings is 3. The van der Waals surface area contributed by atoms with Crippen LogP contribution < -0.4 is 0 Å². The molecule has 3 aromatic rings. The van der Waals surface area contributed by atoms with Crippen molar-refractivity contribution in [1.82, 2.24) is 9.21 Å². The van der Waals surface area contributed by atoms with Gasteiger partial charge in [0.15, 0.2) is 13.2 Å². The van der Waals surface area contributed by atoms with Crippen LogP contribution in [0, 0.1) is 10.1 Å². The first-order valence-corrected chi connectivity index (χ1v) is 19.2. The first-order valence-electron chi connectivity index (χ1n) is 14.8. The third kappa shape index (κ3) is 7.27. The molecule has 1 heterocycles. The van der Waals surface area contributed by atoms with Crippen molar-refractivity contribution in [3.63, 3.8) is 0 Å². The molecule has 0 N–H and O–H groups in total. The average Bonchev–Trinajstić information content (AvgIpc) is 2.99. The fraction of sp³-hybridized carbons (Fsp3) is 0.438. The minimum atomic E-state index is -4.49. The number of piperazine rings is 1. The molecule has 2 unspecified atom stereocenters. The molecule has 0 saturated carbocycles. The third-order valence-electron chi connectivity index (χ3n) is 8.88. The molecule has 0 aromatic heterocycles. The molecule has 1 amide bonds. The van der Waals surface area contributed by atoms with Crippen LogP contribution in [0.2, 0.25) is 18.1 Å². The smallest absolute Gasteiger partial charge is 0.328 e. The van der Waals surface area contributed by atoms with Gasteiger partial charge in [0.2, 0.25) is 5.91 Å². The summed E-state index contributed by atoms with van der Waals surface area (Å²) in [5, 5.41) is 13.6. The molecule has 1 saturated heterocycles. The molecule has 0 spiro atoms. The Morgan fingerprint density at radius 1 is 1.04 bits per heavy atom. The van der Waals surface area contributed by atoms with Crippen LogP contribution in [0.1, 0.15) is 32.8 Å². The monoisotopic (exact) mass is 655 g/mol. The predicted octanol–water partition coefficient (Wildman–Crippen LogP) is 5.15. The Bertz CT molecular complexity index is 1690. The molecule has 1 aliphatic heterocycles. The Balaban J connectivity index is 1.70. The highest BCUT2D eigenvalue weighted by atomic mass is 32.2. The van der Waals surface area contributed by atoms with E-state index in [1.165, 1.54) is 30.2 Å². The van der Waals surface area contributed by atoms with Crippen LogP contribution in [0.4, 0.5) is 5.69 Å². The number of para-hydroxylation sites is 1. The molecule has 1 fully saturated rings. The zero-order valence-electron chi connectivity index (χ0n) is 26.6. The number of nitro benzene ring substituents is 1. The number of sulfonamides is 1. The summed E-state index contributed by atoms with van der Waals surface area (Å²) in [6.45, 7) is 10.2. The van der Waals surface area contributed by atoms with Crippen LogP contribution in [-0.2, 0) is 35.2 Å². The summed E-state index contributed by atoms with van der Waals surface area (Å²) in [6.07, 6.45) is 0.166. The van der Waals surface area contributed by atoms with Crippen LogP contribution >= 0.6 is 0 Å². The fourth-order valence-electron chi connectivity index (χ4n) is 5.29. The van der Waals surface area contributed by atoms with Gasteiger partial charge in [-0.2, -0.15) is 4.31 Å². The predicted molar refractivity (Wildman–Crippen MR) is 174 cm³/mol.